The van der Waals surface area contributed by atoms with Crippen molar-refractivity contribution in [1.29, 1.82) is 0 Å². The lowest BCUT2D eigenvalue weighted by molar-refractivity contribution is -0.209. The van der Waals surface area contributed by atoms with Crippen LogP contribution in [0.3, 0.4) is 0 Å². The minimum Gasteiger partial charge on any atom is -0.251 e. The molecule has 0 heterocycles. The molecule has 0 aliphatic heterocycles. The lowest BCUT2D eigenvalue weighted by Gasteiger charge is -2.43. The Morgan fingerprint density at radius 1 is 1.05 bits per heavy atom. The number of hydrogen-bond acceptors (Lipinski definition) is 0. The second-order valence-corrected chi connectivity index (χ2v) is 7.68. The van der Waals surface area contributed by atoms with Crippen LogP contribution in [0.4, 0.5) is 17.6 Å². The van der Waals surface area contributed by atoms with E-state index in [-0.39, 0.29) is 23.6 Å². The molecule has 2 aliphatic rings. The molecule has 4 atom stereocenters. The fourth-order valence-corrected chi connectivity index (χ4v) is 4.64. The Kier molecular flexibility index (Phi) is 5.84. The minimum atomic E-state index is -4.20. The van der Waals surface area contributed by atoms with Crippen molar-refractivity contribution in [3.05, 3.63) is 0 Å². The van der Waals surface area contributed by atoms with Gasteiger partial charge in [-0.1, -0.05) is 13.3 Å². The largest absolute Gasteiger partial charge is 0.392 e. The van der Waals surface area contributed by atoms with Crippen LogP contribution in [-0.4, -0.2) is 18.2 Å². The van der Waals surface area contributed by atoms with Gasteiger partial charge in [-0.2, -0.15) is 13.2 Å². The molecule has 2 fully saturated rings. The first-order chi connectivity index (χ1) is 9.82. The molecule has 0 nitrogen and oxygen atoms in total. The summed E-state index contributed by atoms with van der Waals surface area (Å²) in [5.74, 6) is -2.13. The monoisotopic (exact) mass is 328 g/mol. The van der Waals surface area contributed by atoms with E-state index in [1.807, 2.05) is 6.92 Å². The van der Waals surface area contributed by atoms with Gasteiger partial charge in [0.15, 0.2) is 0 Å². The van der Waals surface area contributed by atoms with Crippen molar-refractivity contribution in [1.82, 2.24) is 0 Å². The van der Waals surface area contributed by atoms with Crippen LogP contribution < -0.4 is 0 Å². The molecule has 0 bridgehead atoms. The fraction of sp³-hybridized carbons (Fsp3) is 1.00. The van der Waals surface area contributed by atoms with Gasteiger partial charge < -0.3 is 0 Å². The molecule has 0 aromatic carbocycles. The highest BCUT2D eigenvalue weighted by atomic mass is 35.5. The van der Waals surface area contributed by atoms with Crippen molar-refractivity contribution in [3.8, 4) is 0 Å². The first-order valence-electron chi connectivity index (χ1n) is 8.09. The highest BCUT2D eigenvalue weighted by Crippen LogP contribution is 2.50. The predicted octanol–water partition coefficient (Wildman–Crippen LogP) is 5.98. The molecule has 5 heteroatoms. The maximum atomic E-state index is 13.6. The van der Waals surface area contributed by atoms with Crippen LogP contribution in [0.1, 0.15) is 51.9 Å². The van der Waals surface area contributed by atoms with Crippen LogP contribution >= 0.6 is 11.6 Å². The molecule has 21 heavy (non-hydrogen) atoms. The van der Waals surface area contributed by atoms with Crippen LogP contribution in [0.5, 0.6) is 0 Å². The Hall–Kier alpha value is 0.01000. The average Bonchev–Trinajstić information content (AvgIpc) is 2.42. The molecule has 0 spiro atoms. The summed E-state index contributed by atoms with van der Waals surface area (Å²) >= 11 is 6.06. The number of halogens is 5. The number of hydrogen-bond donors (Lipinski definition) is 0. The minimum absolute atomic E-state index is 0.0771. The molecule has 0 N–H and O–H groups in total. The molecule has 2 saturated carbocycles. The van der Waals surface area contributed by atoms with Gasteiger partial charge in [0.2, 0.25) is 0 Å². The Labute approximate surface area is 129 Å². The molecule has 0 amide bonds. The van der Waals surface area contributed by atoms with Gasteiger partial charge in [0.05, 0.1) is 12.6 Å². The predicted molar refractivity (Wildman–Crippen MR) is 77.1 cm³/mol. The summed E-state index contributed by atoms with van der Waals surface area (Å²) < 4.78 is 53.6. The van der Waals surface area contributed by atoms with E-state index in [2.05, 4.69) is 0 Å². The highest BCUT2D eigenvalue weighted by molar-refractivity contribution is 6.20. The summed E-state index contributed by atoms with van der Waals surface area (Å²) in [6.45, 7) is 1.25. The maximum Gasteiger partial charge on any atom is 0.392 e. The van der Waals surface area contributed by atoms with Gasteiger partial charge in [-0.15, -0.1) is 11.6 Å². The molecule has 124 valence electrons. The van der Waals surface area contributed by atoms with Gasteiger partial charge >= 0.3 is 6.18 Å². The molecule has 0 aromatic heterocycles. The van der Waals surface area contributed by atoms with Crippen molar-refractivity contribution < 1.29 is 17.6 Å². The van der Waals surface area contributed by atoms with E-state index in [4.69, 9.17) is 11.6 Å². The van der Waals surface area contributed by atoms with Crippen LogP contribution in [0, 0.1) is 29.6 Å². The topological polar surface area (TPSA) is 0 Å². The van der Waals surface area contributed by atoms with Gasteiger partial charge in [0.1, 0.15) is 0 Å². The fourth-order valence-electron chi connectivity index (χ4n) is 4.39. The molecule has 2 rings (SSSR count). The van der Waals surface area contributed by atoms with Gasteiger partial charge in [-0.3, -0.25) is 4.39 Å². The third kappa shape index (κ3) is 4.27. The Balaban J connectivity index is 2.11. The number of alkyl halides is 5. The van der Waals surface area contributed by atoms with E-state index in [9.17, 15) is 17.6 Å². The summed E-state index contributed by atoms with van der Waals surface area (Å²) in [6.07, 6.45) is 0.440. The van der Waals surface area contributed by atoms with Crippen molar-refractivity contribution in [2.45, 2.75) is 63.4 Å². The maximum absolute atomic E-state index is 13.6. The smallest absolute Gasteiger partial charge is 0.251 e. The zero-order valence-corrected chi connectivity index (χ0v) is 13.3. The standard InChI is InChI=1S/C16H25ClF4/c1-10-2-7-13(15(8-10)16(19,20)21)14(9-18)11-3-5-12(17)6-4-11/h10-15H,2-9H2,1H3. The number of rotatable bonds is 3. The van der Waals surface area contributed by atoms with E-state index < -0.39 is 30.6 Å². The van der Waals surface area contributed by atoms with Gasteiger partial charge in [-0.25, -0.2) is 0 Å². The second-order valence-electron chi connectivity index (χ2n) is 7.06. The summed E-state index contributed by atoms with van der Waals surface area (Å²) in [7, 11) is 0. The zero-order chi connectivity index (χ0) is 15.6. The first kappa shape index (κ1) is 17.4. The van der Waals surface area contributed by atoms with Crippen molar-refractivity contribution in [2.24, 2.45) is 29.6 Å². The van der Waals surface area contributed by atoms with E-state index in [0.29, 0.717) is 6.42 Å². The molecular formula is C16H25ClF4. The van der Waals surface area contributed by atoms with Gasteiger partial charge in [0, 0.05) is 5.38 Å². The van der Waals surface area contributed by atoms with Crippen LogP contribution in [0.25, 0.3) is 0 Å². The molecule has 0 saturated heterocycles. The molecular weight excluding hydrogens is 304 g/mol. The van der Waals surface area contributed by atoms with Crippen LogP contribution in [0.2, 0.25) is 0 Å². The second kappa shape index (κ2) is 7.06. The molecule has 4 unspecified atom stereocenters. The van der Waals surface area contributed by atoms with Crippen LogP contribution in [0.15, 0.2) is 0 Å². The third-order valence-electron chi connectivity index (χ3n) is 5.62. The highest BCUT2D eigenvalue weighted by Gasteiger charge is 2.50. The van der Waals surface area contributed by atoms with Crippen molar-refractivity contribution in [2.75, 3.05) is 6.67 Å². The lowest BCUT2D eigenvalue weighted by Crippen LogP contribution is -2.42. The summed E-state index contributed by atoms with van der Waals surface area (Å²) in [6, 6.07) is 0. The lowest BCUT2D eigenvalue weighted by atomic mass is 9.64. The van der Waals surface area contributed by atoms with Crippen LogP contribution in [-0.2, 0) is 0 Å². The zero-order valence-electron chi connectivity index (χ0n) is 12.5. The Bertz CT molecular complexity index is 323. The molecule has 2 aliphatic carbocycles. The van der Waals surface area contributed by atoms with E-state index >= 15 is 0 Å². The third-order valence-corrected chi connectivity index (χ3v) is 6.06. The molecule has 0 aromatic rings. The SMILES string of the molecule is CC1CCC(C(CF)C2CCC(Cl)CC2)C(C(F)(F)F)C1. The summed E-state index contributed by atoms with van der Waals surface area (Å²) in [5, 5.41) is 0.117. The Morgan fingerprint density at radius 2 is 1.67 bits per heavy atom. The van der Waals surface area contributed by atoms with E-state index in [0.717, 1.165) is 32.1 Å². The summed E-state index contributed by atoms with van der Waals surface area (Å²) in [5.41, 5.74) is 0. The average molecular weight is 329 g/mol. The Morgan fingerprint density at radius 3 is 2.19 bits per heavy atom. The molecule has 0 radical (unpaired) electrons. The van der Waals surface area contributed by atoms with Crippen molar-refractivity contribution >= 4 is 11.6 Å². The van der Waals surface area contributed by atoms with Gasteiger partial charge in [0.25, 0.3) is 0 Å². The van der Waals surface area contributed by atoms with E-state index in [1.165, 1.54) is 0 Å². The van der Waals surface area contributed by atoms with Gasteiger partial charge in [-0.05, 0) is 62.2 Å². The quantitative estimate of drug-likeness (QED) is 0.441. The van der Waals surface area contributed by atoms with Crippen molar-refractivity contribution in [3.63, 3.8) is 0 Å². The summed E-state index contributed by atoms with van der Waals surface area (Å²) in [4.78, 5) is 0. The first-order valence-corrected chi connectivity index (χ1v) is 8.53. The van der Waals surface area contributed by atoms with E-state index in [1.54, 1.807) is 0 Å². The normalized spacial score (nSPS) is 40.0.